The number of nitrogens with two attached hydrogens (primary N) is 1. The van der Waals surface area contributed by atoms with E-state index in [1.54, 1.807) is 13.0 Å². The van der Waals surface area contributed by atoms with E-state index in [0.717, 1.165) is 0 Å². The SMILES string of the molecule is CCOC(=O)c1cc(N)cnc1N(CCCO)C(C)C. The van der Waals surface area contributed by atoms with Crippen LogP contribution in [-0.4, -0.2) is 41.9 Å². The van der Waals surface area contributed by atoms with Gasteiger partial charge in [0, 0.05) is 19.2 Å². The van der Waals surface area contributed by atoms with Crippen molar-refractivity contribution in [3.05, 3.63) is 17.8 Å². The molecule has 1 aromatic rings. The first kappa shape index (κ1) is 16.2. The summed E-state index contributed by atoms with van der Waals surface area (Å²) < 4.78 is 5.05. The van der Waals surface area contributed by atoms with Gasteiger partial charge in [0.2, 0.25) is 0 Å². The number of anilines is 2. The van der Waals surface area contributed by atoms with Gasteiger partial charge in [-0.15, -0.1) is 0 Å². The van der Waals surface area contributed by atoms with Crippen molar-refractivity contribution in [1.29, 1.82) is 0 Å². The molecule has 0 aliphatic rings. The predicted molar refractivity (Wildman–Crippen MR) is 78.8 cm³/mol. The molecule has 1 heterocycles. The standard InChI is InChI=1S/C14H23N3O3/c1-4-20-14(19)12-8-11(15)9-16-13(12)17(10(2)3)6-5-7-18/h8-10,18H,4-7,15H2,1-3H3. The topological polar surface area (TPSA) is 88.7 Å². The van der Waals surface area contributed by atoms with Crippen LogP contribution in [0, 0.1) is 0 Å². The molecule has 112 valence electrons. The van der Waals surface area contributed by atoms with E-state index in [0.29, 0.717) is 36.6 Å². The highest BCUT2D eigenvalue weighted by Gasteiger charge is 2.21. The van der Waals surface area contributed by atoms with Crippen molar-refractivity contribution in [2.24, 2.45) is 0 Å². The van der Waals surface area contributed by atoms with Crippen LogP contribution in [-0.2, 0) is 4.74 Å². The first-order valence-corrected chi connectivity index (χ1v) is 6.81. The number of pyridine rings is 1. The van der Waals surface area contributed by atoms with Gasteiger partial charge in [0.15, 0.2) is 0 Å². The van der Waals surface area contributed by atoms with Gasteiger partial charge in [0.25, 0.3) is 0 Å². The number of hydrogen-bond acceptors (Lipinski definition) is 6. The molecule has 1 rings (SSSR count). The summed E-state index contributed by atoms with van der Waals surface area (Å²) in [6.07, 6.45) is 2.12. The second-order valence-electron chi connectivity index (χ2n) is 4.72. The maximum absolute atomic E-state index is 12.0. The summed E-state index contributed by atoms with van der Waals surface area (Å²) in [6.45, 7) is 6.76. The van der Waals surface area contributed by atoms with Crippen LogP contribution in [0.1, 0.15) is 37.6 Å². The Kier molecular flexibility index (Phi) is 6.24. The van der Waals surface area contributed by atoms with Gasteiger partial charge in [-0.3, -0.25) is 0 Å². The number of carbonyl (C=O) groups excluding carboxylic acids is 1. The van der Waals surface area contributed by atoms with E-state index in [-0.39, 0.29) is 12.6 Å². The van der Waals surface area contributed by atoms with Crippen molar-refractivity contribution in [1.82, 2.24) is 4.98 Å². The van der Waals surface area contributed by atoms with E-state index in [9.17, 15) is 4.79 Å². The largest absolute Gasteiger partial charge is 0.462 e. The Bertz CT molecular complexity index is 449. The van der Waals surface area contributed by atoms with Crippen molar-refractivity contribution >= 4 is 17.5 Å². The minimum absolute atomic E-state index is 0.0902. The molecule has 3 N–H and O–H groups in total. The fourth-order valence-electron chi connectivity index (χ4n) is 1.91. The second-order valence-corrected chi connectivity index (χ2v) is 4.72. The van der Waals surface area contributed by atoms with E-state index in [2.05, 4.69) is 4.98 Å². The highest BCUT2D eigenvalue weighted by atomic mass is 16.5. The Labute approximate surface area is 119 Å². The summed E-state index contributed by atoms with van der Waals surface area (Å²) >= 11 is 0. The van der Waals surface area contributed by atoms with Crippen molar-refractivity contribution in [2.75, 3.05) is 30.4 Å². The zero-order chi connectivity index (χ0) is 15.1. The molecular formula is C14H23N3O3. The second kappa shape index (κ2) is 7.69. The molecule has 0 amide bonds. The first-order chi connectivity index (χ1) is 9.51. The van der Waals surface area contributed by atoms with Gasteiger partial charge in [-0.05, 0) is 33.3 Å². The number of aliphatic hydroxyl groups excluding tert-OH is 1. The van der Waals surface area contributed by atoms with Gasteiger partial charge in [-0.2, -0.15) is 0 Å². The quantitative estimate of drug-likeness (QED) is 0.735. The number of nitrogens with zero attached hydrogens (tertiary/aromatic N) is 2. The molecule has 0 atom stereocenters. The van der Waals surface area contributed by atoms with Crippen LogP contribution in [0.25, 0.3) is 0 Å². The summed E-state index contributed by atoms with van der Waals surface area (Å²) in [7, 11) is 0. The van der Waals surface area contributed by atoms with E-state index in [1.807, 2.05) is 18.7 Å². The molecule has 20 heavy (non-hydrogen) atoms. The van der Waals surface area contributed by atoms with Crippen LogP contribution >= 0.6 is 0 Å². The molecule has 0 bridgehead atoms. The van der Waals surface area contributed by atoms with Crippen LogP contribution in [0.5, 0.6) is 0 Å². The molecule has 0 saturated carbocycles. The average molecular weight is 281 g/mol. The number of carbonyl (C=O) groups is 1. The molecule has 0 unspecified atom stereocenters. The van der Waals surface area contributed by atoms with Crippen LogP contribution in [0.3, 0.4) is 0 Å². The fourth-order valence-corrected chi connectivity index (χ4v) is 1.91. The fraction of sp³-hybridized carbons (Fsp3) is 0.571. The van der Waals surface area contributed by atoms with E-state index < -0.39 is 5.97 Å². The van der Waals surface area contributed by atoms with Gasteiger partial charge in [0.1, 0.15) is 11.4 Å². The van der Waals surface area contributed by atoms with Gasteiger partial charge >= 0.3 is 5.97 Å². The van der Waals surface area contributed by atoms with E-state index in [4.69, 9.17) is 15.6 Å². The normalized spacial score (nSPS) is 10.7. The molecule has 0 saturated heterocycles. The summed E-state index contributed by atoms with van der Waals surface area (Å²) in [5.41, 5.74) is 6.49. The maximum Gasteiger partial charge on any atom is 0.341 e. The third kappa shape index (κ3) is 4.09. The van der Waals surface area contributed by atoms with Crippen LogP contribution in [0.4, 0.5) is 11.5 Å². The minimum Gasteiger partial charge on any atom is -0.462 e. The number of nitrogen functional groups attached to an aromatic ring is 1. The number of esters is 1. The average Bonchev–Trinajstić information content (AvgIpc) is 2.40. The first-order valence-electron chi connectivity index (χ1n) is 6.81. The molecule has 0 aliphatic carbocycles. The zero-order valence-corrected chi connectivity index (χ0v) is 12.3. The third-order valence-electron chi connectivity index (χ3n) is 2.84. The highest BCUT2D eigenvalue weighted by molar-refractivity contribution is 5.95. The Morgan fingerprint density at radius 1 is 1.55 bits per heavy atom. The van der Waals surface area contributed by atoms with Crippen molar-refractivity contribution < 1.29 is 14.6 Å². The maximum atomic E-state index is 12.0. The Morgan fingerprint density at radius 3 is 2.80 bits per heavy atom. The minimum atomic E-state index is -0.433. The van der Waals surface area contributed by atoms with Gasteiger partial charge < -0.3 is 20.5 Å². The summed E-state index contributed by atoms with van der Waals surface area (Å²) in [4.78, 5) is 18.3. The number of hydrogen-bond donors (Lipinski definition) is 2. The monoisotopic (exact) mass is 281 g/mol. The van der Waals surface area contributed by atoms with Crippen molar-refractivity contribution in [3.8, 4) is 0 Å². The molecule has 6 heteroatoms. The van der Waals surface area contributed by atoms with Gasteiger partial charge in [-0.25, -0.2) is 9.78 Å². The number of aromatic nitrogens is 1. The third-order valence-corrected chi connectivity index (χ3v) is 2.84. The number of rotatable bonds is 7. The lowest BCUT2D eigenvalue weighted by atomic mass is 10.2. The molecular weight excluding hydrogens is 258 g/mol. The molecule has 0 spiro atoms. The molecule has 0 aromatic carbocycles. The lowest BCUT2D eigenvalue weighted by Crippen LogP contribution is -2.34. The van der Waals surface area contributed by atoms with Gasteiger partial charge in [0.05, 0.1) is 18.5 Å². The Hall–Kier alpha value is -1.82. The number of ether oxygens (including phenoxy) is 1. The summed E-state index contributed by atoms with van der Waals surface area (Å²) in [6, 6.07) is 1.72. The Balaban J connectivity index is 3.15. The van der Waals surface area contributed by atoms with Gasteiger partial charge in [-0.1, -0.05) is 0 Å². The molecule has 1 aromatic heterocycles. The number of aliphatic hydroxyl groups is 1. The molecule has 0 aliphatic heterocycles. The van der Waals surface area contributed by atoms with Crippen LogP contribution < -0.4 is 10.6 Å². The predicted octanol–water partition coefficient (Wildman–Crippen LogP) is 1.44. The van der Waals surface area contributed by atoms with Crippen molar-refractivity contribution in [3.63, 3.8) is 0 Å². The highest BCUT2D eigenvalue weighted by Crippen LogP contribution is 2.23. The van der Waals surface area contributed by atoms with Crippen LogP contribution in [0.15, 0.2) is 12.3 Å². The lowest BCUT2D eigenvalue weighted by molar-refractivity contribution is 0.0526. The van der Waals surface area contributed by atoms with Crippen molar-refractivity contribution in [2.45, 2.75) is 33.2 Å². The molecule has 6 nitrogen and oxygen atoms in total. The van der Waals surface area contributed by atoms with E-state index in [1.165, 1.54) is 6.20 Å². The summed E-state index contributed by atoms with van der Waals surface area (Å²) in [5.74, 6) is 0.109. The molecule has 0 fully saturated rings. The zero-order valence-electron chi connectivity index (χ0n) is 12.3. The molecule has 0 radical (unpaired) electrons. The smallest absolute Gasteiger partial charge is 0.341 e. The van der Waals surface area contributed by atoms with E-state index >= 15 is 0 Å². The summed E-state index contributed by atoms with van der Waals surface area (Å²) in [5, 5.41) is 8.99. The van der Waals surface area contributed by atoms with Crippen LogP contribution in [0.2, 0.25) is 0 Å². The Morgan fingerprint density at radius 2 is 2.25 bits per heavy atom. The lowest BCUT2D eigenvalue weighted by Gasteiger charge is -2.29.